The Morgan fingerprint density at radius 3 is 2.19 bits per heavy atom. The van der Waals surface area contributed by atoms with Crippen LogP contribution in [0.15, 0.2) is 82.0 Å². The summed E-state index contributed by atoms with van der Waals surface area (Å²) in [6.45, 7) is 2.06. The van der Waals surface area contributed by atoms with Crippen molar-refractivity contribution in [3.8, 4) is 28.0 Å². The van der Waals surface area contributed by atoms with Gasteiger partial charge in [0.1, 0.15) is 11.3 Å². The van der Waals surface area contributed by atoms with Gasteiger partial charge in [-0.25, -0.2) is 4.79 Å². The number of rotatable bonds is 3. The maximum Gasteiger partial charge on any atom is 0.336 e. The molecule has 3 heteroatoms. The van der Waals surface area contributed by atoms with Gasteiger partial charge in [0.05, 0.1) is 7.11 Å². The van der Waals surface area contributed by atoms with Crippen molar-refractivity contribution in [3.05, 3.63) is 88.8 Å². The third-order valence-electron chi connectivity index (χ3n) is 4.65. The van der Waals surface area contributed by atoms with E-state index in [9.17, 15) is 4.79 Å². The fraction of sp³-hybridized carbons (Fsp3) is 0.0870. The lowest BCUT2D eigenvalue weighted by atomic mass is 9.93. The second-order valence-corrected chi connectivity index (χ2v) is 6.18. The number of hydrogen-bond acceptors (Lipinski definition) is 3. The van der Waals surface area contributed by atoms with E-state index in [2.05, 4.69) is 6.92 Å². The molecule has 0 spiro atoms. The first kappa shape index (κ1) is 16.2. The lowest BCUT2D eigenvalue weighted by molar-refractivity contribution is 0.415. The number of benzene rings is 3. The van der Waals surface area contributed by atoms with Crippen LogP contribution in [0, 0.1) is 6.92 Å². The van der Waals surface area contributed by atoms with Crippen molar-refractivity contribution < 1.29 is 9.15 Å². The maximum absolute atomic E-state index is 12.0. The van der Waals surface area contributed by atoms with Crippen LogP contribution >= 0.6 is 0 Å². The number of hydrogen-bond donors (Lipinski definition) is 0. The van der Waals surface area contributed by atoms with Gasteiger partial charge < -0.3 is 9.15 Å². The minimum atomic E-state index is -0.340. The largest absolute Gasteiger partial charge is 0.497 e. The van der Waals surface area contributed by atoms with E-state index in [1.165, 1.54) is 0 Å². The number of ether oxygens (including phenoxy) is 1. The van der Waals surface area contributed by atoms with Crippen molar-refractivity contribution in [2.75, 3.05) is 7.11 Å². The van der Waals surface area contributed by atoms with Crippen LogP contribution in [0.1, 0.15) is 5.56 Å². The molecule has 0 aliphatic carbocycles. The summed E-state index contributed by atoms with van der Waals surface area (Å²) in [5.74, 6) is 0.822. The van der Waals surface area contributed by atoms with E-state index in [1.54, 1.807) is 13.2 Å². The van der Waals surface area contributed by atoms with Crippen LogP contribution in [-0.4, -0.2) is 7.11 Å². The fourth-order valence-corrected chi connectivity index (χ4v) is 3.36. The van der Waals surface area contributed by atoms with E-state index >= 15 is 0 Å². The van der Waals surface area contributed by atoms with Gasteiger partial charge in [0.25, 0.3) is 0 Å². The van der Waals surface area contributed by atoms with E-state index in [0.717, 1.165) is 39.0 Å². The third kappa shape index (κ3) is 2.78. The highest BCUT2D eigenvalue weighted by atomic mass is 16.5. The normalized spacial score (nSPS) is 10.8. The molecule has 0 saturated carbocycles. The quantitative estimate of drug-likeness (QED) is 0.465. The molecule has 4 aromatic rings. The van der Waals surface area contributed by atoms with Crippen LogP contribution in [0.5, 0.6) is 5.75 Å². The van der Waals surface area contributed by atoms with Crippen LogP contribution in [0.4, 0.5) is 0 Å². The monoisotopic (exact) mass is 342 g/mol. The first-order chi connectivity index (χ1) is 12.7. The molecule has 0 aliphatic rings. The first-order valence-corrected chi connectivity index (χ1v) is 8.44. The van der Waals surface area contributed by atoms with Crippen LogP contribution in [0.25, 0.3) is 33.2 Å². The summed E-state index contributed by atoms with van der Waals surface area (Å²) in [4.78, 5) is 12.0. The molecular formula is C23H18O3. The van der Waals surface area contributed by atoms with Crippen molar-refractivity contribution in [2.24, 2.45) is 0 Å². The summed E-state index contributed by atoms with van der Waals surface area (Å²) in [5.41, 5.74) is 5.43. The van der Waals surface area contributed by atoms with Crippen LogP contribution in [-0.2, 0) is 0 Å². The zero-order chi connectivity index (χ0) is 18.1. The smallest absolute Gasteiger partial charge is 0.336 e. The van der Waals surface area contributed by atoms with Gasteiger partial charge in [0, 0.05) is 17.0 Å². The predicted molar refractivity (Wildman–Crippen MR) is 105 cm³/mol. The highest BCUT2D eigenvalue weighted by Crippen LogP contribution is 2.35. The molecule has 3 nitrogen and oxygen atoms in total. The third-order valence-corrected chi connectivity index (χ3v) is 4.65. The highest BCUT2D eigenvalue weighted by molar-refractivity contribution is 5.99. The molecule has 0 aliphatic heterocycles. The Morgan fingerprint density at radius 2 is 1.50 bits per heavy atom. The van der Waals surface area contributed by atoms with Crippen LogP contribution < -0.4 is 10.4 Å². The molecule has 1 aromatic heterocycles. The Hall–Kier alpha value is -3.33. The lowest BCUT2D eigenvalue weighted by Gasteiger charge is -2.13. The standard InChI is InChI=1S/C23H18O3/c1-15-19(17-8-10-18(25-2)11-9-17)12-13-21-23(15)20(14-22(24)26-21)16-6-4-3-5-7-16/h3-14H,1-2H3. The van der Waals surface area contributed by atoms with Gasteiger partial charge in [-0.05, 0) is 47.4 Å². The van der Waals surface area contributed by atoms with E-state index in [0.29, 0.717) is 5.58 Å². The molecule has 0 amide bonds. The molecule has 0 unspecified atom stereocenters. The molecule has 4 rings (SSSR count). The molecule has 0 saturated heterocycles. The van der Waals surface area contributed by atoms with Crippen molar-refractivity contribution in [3.63, 3.8) is 0 Å². The SMILES string of the molecule is COc1ccc(-c2ccc3oc(=O)cc(-c4ccccc4)c3c2C)cc1. The van der Waals surface area contributed by atoms with E-state index in [-0.39, 0.29) is 5.63 Å². The summed E-state index contributed by atoms with van der Waals surface area (Å²) in [7, 11) is 1.66. The van der Waals surface area contributed by atoms with Gasteiger partial charge in [-0.15, -0.1) is 0 Å². The topological polar surface area (TPSA) is 39.4 Å². The van der Waals surface area contributed by atoms with Crippen LogP contribution in [0.3, 0.4) is 0 Å². The van der Waals surface area contributed by atoms with E-state index < -0.39 is 0 Å². The zero-order valence-electron chi connectivity index (χ0n) is 14.7. The van der Waals surface area contributed by atoms with Crippen LogP contribution in [0.2, 0.25) is 0 Å². The molecule has 26 heavy (non-hydrogen) atoms. The second kappa shape index (κ2) is 6.52. The van der Waals surface area contributed by atoms with Gasteiger partial charge in [-0.3, -0.25) is 0 Å². The summed E-state index contributed by atoms with van der Waals surface area (Å²) in [5, 5.41) is 0.962. The van der Waals surface area contributed by atoms with Crippen molar-refractivity contribution in [1.82, 2.24) is 0 Å². The Morgan fingerprint density at radius 1 is 0.808 bits per heavy atom. The summed E-state index contributed by atoms with van der Waals surface area (Å²) in [6.07, 6.45) is 0. The van der Waals surface area contributed by atoms with Gasteiger partial charge in [0.15, 0.2) is 0 Å². The number of fused-ring (bicyclic) bond motifs is 1. The molecular weight excluding hydrogens is 324 g/mol. The molecule has 128 valence electrons. The molecule has 0 fully saturated rings. The fourth-order valence-electron chi connectivity index (χ4n) is 3.36. The molecule has 0 radical (unpaired) electrons. The lowest BCUT2D eigenvalue weighted by Crippen LogP contribution is -2.00. The Labute approximate surface area is 151 Å². The highest BCUT2D eigenvalue weighted by Gasteiger charge is 2.13. The summed E-state index contributed by atoms with van der Waals surface area (Å²) >= 11 is 0. The average molecular weight is 342 g/mol. The number of methoxy groups -OCH3 is 1. The summed E-state index contributed by atoms with van der Waals surface area (Å²) in [6, 6.07) is 23.3. The van der Waals surface area contributed by atoms with Gasteiger partial charge in [-0.1, -0.05) is 48.5 Å². The van der Waals surface area contributed by atoms with Gasteiger partial charge >= 0.3 is 5.63 Å². The Balaban J connectivity index is 1.99. The van der Waals surface area contributed by atoms with E-state index in [4.69, 9.17) is 9.15 Å². The van der Waals surface area contributed by atoms with Crippen molar-refractivity contribution in [2.45, 2.75) is 6.92 Å². The van der Waals surface area contributed by atoms with Crippen molar-refractivity contribution in [1.29, 1.82) is 0 Å². The second-order valence-electron chi connectivity index (χ2n) is 6.18. The maximum atomic E-state index is 12.0. The van der Waals surface area contributed by atoms with Gasteiger partial charge in [0.2, 0.25) is 0 Å². The first-order valence-electron chi connectivity index (χ1n) is 8.44. The Kier molecular flexibility index (Phi) is 4.05. The molecule has 0 N–H and O–H groups in total. The number of aryl methyl sites for hydroxylation is 1. The Bertz CT molecular complexity index is 1120. The molecule has 3 aromatic carbocycles. The van der Waals surface area contributed by atoms with Gasteiger partial charge in [-0.2, -0.15) is 0 Å². The minimum Gasteiger partial charge on any atom is -0.497 e. The molecule has 1 heterocycles. The summed E-state index contributed by atoms with van der Waals surface area (Å²) < 4.78 is 10.7. The molecule has 0 atom stereocenters. The minimum absolute atomic E-state index is 0.340. The zero-order valence-corrected chi connectivity index (χ0v) is 14.7. The average Bonchev–Trinajstić information content (AvgIpc) is 2.68. The van der Waals surface area contributed by atoms with Crippen molar-refractivity contribution >= 4 is 11.0 Å². The van der Waals surface area contributed by atoms with E-state index in [1.807, 2.05) is 66.7 Å². The molecule has 0 bridgehead atoms. The predicted octanol–water partition coefficient (Wildman–Crippen LogP) is 5.44.